The highest BCUT2D eigenvalue weighted by molar-refractivity contribution is 8.18. The fraction of sp³-hybridized carbons (Fsp3) is 0.273. The number of nitrogens with zero attached hydrogens (tertiary/aromatic N) is 1. The van der Waals surface area contributed by atoms with Crippen molar-refractivity contribution < 1.29 is 23.8 Å². The summed E-state index contributed by atoms with van der Waals surface area (Å²) in [5.74, 6) is 1.51. The topological polar surface area (TPSA) is 65.1 Å². The number of imide groups is 1. The third-order valence-corrected chi connectivity index (χ3v) is 5.38. The lowest BCUT2D eigenvalue weighted by Gasteiger charge is -2.13. The second-order valence-electron chi connectivity index (χ2n) is 6.39. The van der Waals surface area contributed by atoms with Crippen LogP contribution in [0, 0.1) is 0 Å². The van der Waals surface area contributed by atoms with Gasteiger partial charge in [0.1, 0.15) is 12.4 Å². The van der Waals surface area contributed by atoms with Gasteiger partial charge in [0, 0.05) is 5.02 Å². The molecule has 1 fully saturated rings. The summed E-state index contributed by atoms with van der Waals surface area (Å²) >= 11 is 6.75. The van der Waals surface area contributed by atoms with Crippen molar-refractivity contribution in [3.8, 4) is 17.2 Å². The summed E-state index contributed by atoms with van der Waals surface area (Å²) in [5, 5.41) is 0.292. The molecule has 3 rings (SSSR count). The van der Waals surface area contributed by atoms with Crippen molar-refractivity contribution >= 4 is 40.6 Å². The monoisotopic (exact) mass is 447 g/mol. The van der Waals surface area contributed by atoms with Crippen molar-refractivity contribution in [3.05, 3.63) is 58.0 Å². The lowest BCUT2D eigenvalue weighted by molar-refractivity contribution is -0.123. The van der Waals surface area contributed by atoms with Gasteiger partial charge in [0.2, 0.25) is 0 Å². The van der Waals surface area contributed by atoms with Crippen LogP contribution in [0.15, 0.2) is 47.4 Å². The zero-order valence-corrected chi connectivity index (χ0v) is 18.3. The molecule has 0 N–H and O–H groups in total. The SMILES string of the molecule is CCCOc1ccc(/C=C2\SC(=O)N(CCOc3ccc(Cl)cc3)C2=O)cc1OC. The number of thioether (sulfide) groups is 1. The maximum absolute atomic E-state index is 12.7. The number of benzene rings is 2. The highest BCUT2D eigenvalue weighted by Gasteiger charge is 2.34. The second kappa shape index (κ2) is 10.4. The van der Waals surface area contributed by atoms with Crippen LogP contribution in [0.1, 0.15) is 18.9 Å². The van der Waals surface area contributed by atoms with Crippen LogP contribution in [-0.2, 0) is 4.79 Å². The Hall–Kier alpha value is -2.64. The molecule has 0 atom stereocenters. The van der Waals surface area contributed by atoms with Crippen molar-refractivity contribution in [2.24, 2.45) is 0 Å². The van der Waals surface area contributed by atoms with Crippen LogP contribution >= 0.6 is 23.4 Å². The number of hydrogen-bond acceptors (Lipinski definition) is 6. The summed E-state index contributed by atoms with van der Waals surface area (Å²) in [7, 11) is 1.56. The second-order valence-corrected chi connectivity index (χ2v) is 7.82. The van der Waals surface area contributed by atoms with Crippen LogP contribution in [0.2, 0.25) is 5.02 Å². The van der Waals surface area contributed by atoms with Gasteiger partial charge in [-0.3, -0.25) is 14.5 Å². The molecule has 158 valence electrons. The van der Waals surface area contributed by atoms with Crippen molar-refractivity contribution in [1.82, 2.24) is 4.90 Å². The number of carbonyl (C=O) groups excluding carboxylic acids is 2. The maximum atomic E-state index is 12.7. The fourth-order valence-electron chi connectivity index (χ4n) is 2.73. The fourth-order valence-corrected chi connectivity index (χ4v) is 3.73. The predicted octanol–water partition coefficient (Wildman–Crippen LogP) is 5.25. The Morgan fingerprint density at radius 1 is 1.03 bits per heavy atom. The van der Waals surface area contributed by atoms with E-state index >= 15 is 0 Å². The molecule has 30 heavy (non-hydrogen) atoms. The first-order chi connectivity index (χ1) is 14.5. The van der Waals surface area contributed by atoms with Crippen LogP contribution in [0.4, 0.5) is 4.79 Å². The van der Waals surface area contributed by atoms with E-state index in [0.717, 1.165) is 23.7 Å². The summed E-state index contributed by atoms with van der Waals surface area (Å²) in [6, 6.07) is 12.3. The van der Waals surface area contributed by atoms with E-state index in [4.69, 9.17) is 25.8 Å². The summed E-state index contributed by atoms with van der Waals surface area (Å²) in [6.45, 7) is 2.98. The maximum Gasteiger partial charge on any atom is 0.293 e. The largest absolute Gasteiger partial charge is 0.493 e. The predicted molar refractivity (Wildman–Crippen MR) is 118 cm³/mol. The van der Waals surface area contributed by atoms with Gasteiger partial charge in [-0.05, 0) is 66.2 Å². The molecule has 1 aliphatic rings. The van der Waals surface area contributed by atoms with Crippen LogP contribution in [0.25, 0.3) is 6.08 Å². The summed E-state index contributed by atoms with van der Waals surface area (Å²) < 4.78 is 16.6. The zero-order chi connectivity index (χ0) is 21.5. The van der Waals surface area contributed by atoms with Gasteiger partial charge in [-0.1, -0.05) is 24.6 Å². The van der Waals surface area contributed by atoms with E-state index in [1.54, 1.807) is 49.6 Å². The van der Waals surface area contributed by atoms with Crippen molar-refractivity contribution in [3.63, 3.8) is 0 Å². The normalized spacial score (nSPS) is 15.0. The van der Waals surface area contributed by atoms with Crippen LogP contribution < -0.4 is 14.2 Å². The Labute approximate surface area is 184 Å². The molecule has 2 amide bonds. The van der Waals surface area contributed by atoms with Crippen molar-refractivity contribution in [2.75, 3.05) is 26.9 Å². The first-order valence-electron chi connectivity index (χ1n) is 9.46. The number of hydrogen-bond donors (Lipinski definition) is 0. The Balaban J connectivity index is 1.64. The van der Waals surface area contributed by atoms with E-state index in [9.17, 15) is 9.59 Å². The molecule has 1 aliphatic heterocycles. The number of amides is 2. The molecule has 2 aromatic rings. The van der Waals surface area contributed by atoms with Gasteiger partial charge in [-0.2, -0.15) is 0 Å². The average Bonchev–Trinajstić information content (AvgIpc) is 3.01. The molecule has 0 saturated carbocycles. The molecule has 1 saturated heterocycles. The molecule has 0 unspecified atom stereocenters. The first kappa shape index (κ1) is 22.1. The Morgan fingerprint density at radius 3 is 2.50 bits per heavy atom. The minimum absolute atomic E-state index is 0.164. The third-order valence-electron chi connectivity index (χ3n) is 4.22. The van der Waals surface area contributed by atoms with Gasteiger partial charge in [0.25, 0.3) is 11.1 Å². The van der Waals surface area contributed by atoms with E-state index < -0.39 is 0 Å². The lowest BCUT2D eigenvalue weighted by atomic mass is 10.2. The van der Waals surface area contributed by atoms with Gasteiger partial charge in [0.05, 0.1) is 25.2 Å². The number of ether oxygens (including phenoxy) is 3. The van der Waals surface area contributed by atoms with E-state index in [1.165, 1.54) is 4.90 Å². The summed E-state index contributed by atoms with van der Waals surface area (Å²) in [4.78, 5) is 26.5. The van der Waals surface area contributed by atoms with E-state index in [-0.39, 0.29) is 24.3 Å². The molecule has 0 aromatic heterocycles. The van der Waals surface area contributed by atoms with Crippen LogP contribution in [-0.4, -0.2) is 42.9 Å². The smallest absolute Gasteiger partial charge is 0.293 e. The third kappa shape index (κ3) is 5.49. The van der Waals surface area contributed by atoms with Gasteiger partial charge in [-0.25, -0.2) is 0 Å². The molecule has 0 radical (unpaired) electrons. The van der Waals surface area contributed by atoms with Gasteiger partial charge in [-0.15, -0.1) is 0 Å². The molecule has 0 bridgehead atoms. The molecule has 2 aromatic carbocycles. The molecular formula is C22H22ClNO5S. The number of halogens is 1. The quantitative estimate of drug-likeness (QED) is 0.489. The number of carbonyl (C=O) groups is 2. The zero-order valence-electron chi connectivity index (χ0n) is 16.7. The lowest BCUT2D eigenvalue weighted by Crippen LogP contribution is -2.32. The van der Waals surface area contributed by atoms with Gasteiger partial charge in [0.15, 0.2) is 11.5 Å². The number of methoxy groups -OCH3 is 1. The Morgan fingerprint density at radius 2 is 1.80 bits per heavy atom. The Kier molecular flexibility index (Phi) is 7.65. The van der Waals surface area contributed by atoms with E-state index in [1.807, 2.05) is 13.0 Å². The van der Waals surface area contributed by atoms with Crippen molar-refractivity contribution in [1.29, 1.82) is 0 Å². The molecule has 1 heterocycles. The molecule has 0 aliphatic carbocycles. The highest BCUT2D eigenvalue weighted by Crippen LogP contribution is 2.34. The highest BCUT2D eigenvalue weighted by atomic mass is 35.5. The first-order valence-corrected chi connectivity index (χ1v) is 10.7. The average molecular weight is 448 g/mol. The van der Waals surface area contributed by atoms with E-state index in [2.05, 4.69) is 0 Å². The van der Waals surface area contributed by atoms with Crippen molar-refractivity contribution in [2.45, 2.75) is 13.3 Å². The minimum Gasteiger partial charge on any atom is -0.493 e. The number of rotatable bonds is 9. The molecular weight excluding hydrogens is 426 g/mol. The summed E-state index contributed by atoms with van der Waals surface area (Å²) in [6.07, 6.45) is 2.57. The van der Waals surface area contributed by atoms with Gasteiger partial charge >= 0.3 is 0 Å². The molecule has 8 heteroatoms. The Bertz CT molecular complexity index is 945. The standard InChI is InChI=1S/C22H22ClNO5S/c1-3-11-29-18-9-4-15(13-19(18)27-2)14-20-21(25)24(22(26)30-20)10-12-28-17-7-5-16(23)6-8-17/h4-9,13-14H,3,10-12H2,1-2H3/b20-14-. The minimum atomic E-state index is -0.338. The molecule has 6 nitrogen and oxygen atoms in total. The molecule has 0 spiro atoms. The van der Waals surface area contributed by atoms with Gasteiger partial charge < -0.3 is 14.2 Å². The van der Waals surface area contributed by atoms with Crippen LogP contribution in [0.5, 0.6) is 17.2 Å². The summed E-state index contributed by atoms with van der Waals surface area (Å²) in [5.41, 5.74) is 0.749. The van der Waals surface area contributed by atoms with Crippen LogP contribution in [0.3, 0.4) is 0 Å². The van der Waals surface area contributed by atoms with E-state index in [0.29, 0.717) is 33.8 Å².